The number of fused-ring (bicyclic) bond motifs is 1. The maximum atomic E-state index is 13.5. The molecule has 5 aromatic rings. The fourth-order valence-electron chi connectivity index (χ4n) is 4.76. The molecule has 14 heteroatoms. The minimum absolute atomic E-state index is 0.130. The number of amides is 2. The van der Waals surface area contributed by atoms with Crippen LogP contribution in [0.2, 0.25) is 0 Å². The normalized spacial score (nSPS) is 10.8. The SMILES string of the molecule is COc1cc(NC(=O)c2cc(=O)c3ccccc3o2)c(C(=O)Nc2ccc(CCNCCc3ccccc3)cc2)cc1OC.O=C(O)C(F)(F)F. The first kappa shape index (κ1) is 37.7. The molecule has 0 aliphatic rings. The summed E-state index contributed by atoms with van der Waals surface area (Å²) in [5.41, 5.74) is 3.23. The molecule has 0 aliphatic heterocycles. The van der Waals surface area contributed by atoms with Crippen LogP contribution in [0.15, 0.2) is 106 Å². The van der Waals surface area contributed by atoms with E-state index >= 15 is 0 Å². The van der Waals surface area contributed by atoms with Gasteiger partial charge in [0.05, 0.1) is 30.9 Å². The average Bonchev–Trinajstić information content (AvgIpc) is 3.12. The summed E-state index contributed by atoms with van der Waals surface area (Å²) >= 11 is 0. The number of carbonyl (C=O) groups is 3. The minimum Gasteiger partial charge on any atom is -0.493 e. The van der Waals surface area contributed by atoms with Gasteiger partial charge < -0.3 is 34.9 Å². The summed E-state index contributed by atoms with van der Waals surface area (Å²) in [6, 6.07) is 28.7. The Kier molecular flexibility index (Phi) is 12.9. The highest BCUT2D eigenvalue weighted by molar-refractivity contribution is 6.12. The van der Waals surface area contributed by atoms with Crippen molar-refractivity contribution in [2.24, 2.45) is 0 Å². The third-order valence-corrected chi connectivity index (χ3v) is 7.35. The van der Waals surface area contributed by atoms with E-state index in [0.29, 0.717) is 22.6 Å². The highest BCUT2D eigenvalue weighted by Gasteiger charge is 2.38. The molecule has 51 heavy (non-hydrogen) atoms. The molecule has 5 rings (SSSR count). The Morgan fingerprint density at radius 3 is 1.92 bits per heavy atom. The van der Waals surface area contributed by atoms with Crippen molar-refractivity contribution in [1.29, 1.82) is 0 Å². The monoisotopic (exact) mass is 705 g/mol. The van der Waals surface area contributed by atoms with Crippen LogP contribution in [0.5, 0.6) is 11.5 Å². The lowest BCUT2D eigenvalue weighted by molar-refractivity contribution is -0.192. The van der Waals surface area contributed by atoms with Crippen LogP contribution in [0, 0.1) is 0 Å². The summed E-state index contributed by atoms with van der Waals surface area (Å²) in [7, 11) is 2.91. The summed E-state index contributed by atoms with van der Waals surface area (Å²) in [5, 5.41) is 16.5. The van der Waals surface area contributed by atoms with Crippen molar-refractivity contribution in [3.63, 3.8) is 0 Å². The standard InChI is InChI=1S/C35H33N3O6.C2HF3O2/c1-42-31-20-27(28(21-32(31)43-2)38-35(41)33-22-29(39)26-10-6-7-11-30(26)44-33)34(40)37-25-14-12-24(13-15-25)17-19-36-18-16-23-8-4-3-5-9-23;3-2(4,5)1(6)7/h3-15,20-22,36H,16-19H2,1-2H3,(H,37,40)(H,38,41);(H,6,7). The van der Waals surface area contributed by atoms with Crippen molar-refractivity contribution < 1.29 is 46.6 Å². The molecule has 0 atom stereocenters. The van der Waals surface area contributed by atoms with Gasteiger partial charge in [-0.2, -0.15) is 13.2 Å². The largest absolute Gasteiger partial charge is 0.493 e. The number of alkyl halides is 3. The lowest BCUT2D eigenvalue weighted by atomic mass is 10.1. The van der Waals surface area contributed by atoms with E-state index in [9.17, 15) is 27.6 Å². The quantitative estimate of drug-likeness (QED) is 0.109. The van der Waals surface area contributed by atoms with E-state index in [1.807, 2.05) is 42.5 Å². The summed E-state index contributed by atoms with van der Waals surface area (Å²) in [6.45, 7) is 1.74. The number of para-hydroxylation sites is 1. The molecular formula is C37H34F3N3O8. The Morgan fingerprint density at radius 2 is 1.31 bits per heavy atom. The second kappa shape index (κ2) is 17.5. The molecule has 4 aromatic carbocycles. The van der Waals surface area contributed by atoms with Crippen molar-refractivity contribution >= 4 is 40.1 Å². The van der Waals surface area contributed by atoms with E-state index in [-0.39, 0.29) is 28.0 Å². The highest BCUT2D eigenvalue weighted by Crippen LogP contribution is 2.34. The molecule has 0 aliphatic carbocycles. The zero-order chi connectivity index (χ0) is 37.0. The number of nitrogens with one attached hydrogen (secondary N) is 3. The van der Waals surface area contributed by atoms with Crippen molar-refractivity contribution in [2.45, 2.75) is 19.0 Å². The van der Waals surface area contributed by atoms with Crippen LogP contribution >= 0.6 is 0 Å². The molecule has 0 bridgehead atoms. The summed E-state index contributed by atoms with van der Waals surface area (Å²) in [6.07, 6.45) is -3.26. The van der Waals surface area contributed by atoms with Crippen LogP contribution in [0.25, 0.3) is 11.0 Å². The zero-order valence-corrected chi connectivity index (χ0v) is 27.5. The van der Waals surface area contributed by atoms with Crippen LogP contribution in [0.1, 0.15) is 32.0 Å². The number of rotatable bonds is 12. The Balaban J connectivity index is 0.000000755. The molecule has 266 valence electrons. The van der Waals surface area contributed by atoms with Crippen LogP contribution < -0.4 is 30.9 Å². The number of benzene rings is 4. The van der Waals surface area contributed by atoms with Crippen molar-refractivity contribution in [3.05, 3.63) is 130 Å². The minimum atomic E-state index is -5.08. The van der Waals surface area contributed by atoms with Gasteiger partial charge in [0.1, 0.15) is 5.58 Å². The topological polar surface area (TPSA) is 156 Å². The average molecular weight is 706 g/mol. The predicted molar refractivity (Wildman–Crippen MR) is 185 cm³/mol. The van der Waals surface area contributed by atoms with E-state index in [2.05, 4.69) is 28.1 Å². The van der Waals surface area contributed by atoms with Crippen molar-refractivity contribution in [1.82, 2.24) is 5.32 Å². The fraction of sp³-hybridized carbons (Fsp3) is 0.189. The third-order valence-electron chi connectivity index (χ3n) is 7.35. The van der Waals surface area contributed by atoms with Crippen molar-refractivity contribution in [3.8, 4) is 11.5 Å². The molecule has 1 heterocycles. The Hall–Kier alpha value is -6.15. The Labute approximate surface area is 290 Å². The number of carbonyl (C=O) groups excluding carboxylic acids is 2. The van der Waals surface area contributed by atoms with Crippen LogP contribution in [-0.2, 0) is 17.6 Å². The molecule has 2 amide bonds. The van der Waals surface area contributed by atoms with E-state index in [4.69, 9.17) is 23.8 Å². The first-order valence-corrected chi connectivity index (χ1v) is 15.4. The van der Waals surface area contributed by atoms with Crippen LogP contribution in [0.3, 0.4) is 0 Å². The summed E-state index contributed by atoms with van der Waals surface area (Å²) in [5.74, 6) is -3.51. The first-order chi connectivity index (χ1) is 24.4. The molecule has 0 spiro atoms. The Bertz CT molecular complexity index is 2030. The number of anilines is 2. The number of hydrogen-bond donors (Lipinski definition) is 4. The van der Waals surface area contributed by atoms with Gasteiger partial charge in [-0.3, -0.25) is 14.4 Å². The summed E-state index contributed by atoms with van der Waals surface area (Å²) in [4.78, 5) is 48.1. The molecule has 11 nitrogen and oxygen atoms in total. The van der Waals surface area contributed by atoms with E-state index in [1.165, 1.54) is 31.9 Å². The highest BCUT2D eigenvalue weighted by atomic mass is 19.4. The van der Waals surface area contributed by atoms with Gasteiger partial charge >= 0.3 is 12.1 Å². The number of hydrogen-bond acceptors (Lipinski definition) is 8. The first-order valence-electron chi connectivity index (χ1n) is 15.4. The maximum absolute atomic E-state index is 13.5. The number of aliphatic carboxylic acids is 1. The molecule has 0 unspecified atom stereocenters. The predicted octanol–water partition coefficient (Wildman–Crippen LogP) is 6.32. The number of methoxy groups -OCH3 is 2. The number of carboxylic acid groups (broad SMARTS) is 1. The van der Waals surface area contributed by atoms with Crippen molar-refractivity contribution in [2.75, 3.05) is 37.9 Å². The number of carboxylic acids is 1. The summed E-state index contributed by atoms with van der Waals surface area (Å²) < 4.78 is 48.2. The van der Waals surface area contributed by atoms with Gasteiger partial charge in [0.15, 0.2) is 22.7 Å². The fourth-order valence-corrected chi connectivity index (χ4v) is 4.76. The van der Waals surface area contributed by atoms with Gasteiger partial charge in [0, 0.05) is 17.8 Å². The van der Waals surface area contributed by atoms with Gasteiger partial charge in [-0.25, -0.2) is 4.79 Å². The third kappa shape index (κ3) is 10.7. The van der Waals surface area contributed by atoms with E-state index < -0.39 is 24.0 Å². The molecule has 1 aromatic heterocycles. The van der Waals surface area contributed by atoms with Crippen LogP contribution in [-0.4, -0.2) is 56.4 Å². The molecule has 0 saturated carbocycles. The zero-order valence-electron chi connectivity index (χ0n) is 27.5. The lowest BCUT2D eigenvalue weighted by Crippen LogP contribution is -2.21. The second-order valence-electron chi connectivity index (χ2n) is 10.9. The van der Waals surface area contributed by atoms with E-state index in [0.717, 1.165) is 37.6 Å². The maximum Gasteiger partial charge on any atom is 0.490 e. The number of ether oxygens (including phenoxy) is 2. The van der Waals surface area contributed by atoms with E-state index in [1.54, 1.807) is 24.3 Å². The molecule has 0 radical (unpaired) electrons. The van der Waals surface area contributed by atoms with Gasteiger partial charge in [0.2, 0.25) is 0 Å². The van der Waals surface area contributed by atoms with Gasteiger partial charge in [0.25, 0.3) is 11.8 Å². The molecular weight excluding hydrogens is 671 g/mol. The smallest absolute Gasteiger partial charge is 0.490 e. The molecule has 0 fully saturated rings. The van der Waals surface area contributed by atoms with Crippen LogP contribution in [0.4, 0.5) is 24.5 Å². The van der Waals surface area contributed by atoms with Gasteiger partial charge in [-0.1, -0.05) is 54.6 Å². The van der Waals surface area contributed by atoms with Gasteiger partial charge in [-0.15, -0.1) is 0 Å². The Morgan fingerprint density at radius 1 is 0.745 bits per heavy atom. The second-order valence-corrected chi connectivity index (χ2v) is 10.9. The molecule has 0 saturated heterocycles. The lowest BCUT2D eigenvalue weighted by Gasteiger charge is -2.16. The van der Waals surface area contributed by atoms with Gasteiger partial charge in [-0.05, 0) is 67.4 Å². The molecule has 4 N–H and O–H groups in total. The number of halogens is 3.